The largest absolute Gasteiger partial charge is 0.420 e. The van der Waals surface area contributed by atoms with Crippen molar-refractivity contribution in [3.63, 3.8) is 0 Å². The predicted octanol–water partition coefficient (Wildman–Crippen LogP) is 2.52. The molecule has 1 aliphatic heterocycles. The van der Waals surface area contributed by atoms with Gasteiger partial charge in [0, 0.05) is 38.1 Å². The molecule has 1 unspecified atom stereocenters. The number of piperazine rings is 1. The summed E-state index contributed by atoms with van der Waals surface area (Å²) in [5.74, 6) is -0.536. The number of thiazole rings is 1. The molecule has 2 aromatic heterocycles. The van der Waals surface area contributed by atoms with E-state index in [4.69, 9.17) is 4.42 Å². The highest BCUT2D eigenvalue weighted by Crippen LogP contribution is 2.19. The van der Waals surface area contributed by atoms with Gasteiger partial charge in [0.05, 0.1) is 16.2 Å². The first kappa shape index (κ1) is 18.9. The molecule has 0 N–H and O–H groups in total. The number of amides is 1. The van der Waals surface area contributed by atoms with Crippen LogP contribution in [0.5, 0.6) is 0 Å². The van der Waals surface area contributed by atoms with Gasteiger partial charge in [-0.2, -0.15) is 0 Å². The summed E-state index contributed by atoms with van der Waals surface area (Å²) in [7, 11) is 0. The van der Waals surface area contributed by atoms with Gasteiger partial charge in [0.15, 0.2) is 5.58 Å². The van der Waals surface area contributed by atoms with Crippen molar-refractivity contribution >= 4 is 28.3 Å². The van der Waals surface area contributed by atoms with E-state index in [1.54, 1.807) is 30.4 Å². The van der Waals surface area contributed by atoms with E-state index in [2.05, 4.69) is 22.2 Å². The molecule has 8 heteroatoms. The molecule has 1 fully saturated rings. The first-order valence-corrected chi connectivity index (χ1v) is 10.5. The molecule has 1 saturated heterocycles. The van der Waals surface area contributed by atoms with Gasteiger partial charge in [0.25, 0.3) is 0 Å². The van der Waals surface area contributed by atoms with E-state index in [0.717, 1.165) is 36.8 Å². The van der Waals surface area contributed by atoms with Crippen molar-refractivity contribution in [3.05, 3.63) is 50.9 Å². The van der Waals surface area contributed by atoms with Gasteiger partial charge in [-0.05, 0) is 25.5 Å². The molecule has 28 heavy (non-hydrogen) atoms. The van der Waals surface area contributed by atoms with Crippen LogP contribution in [0, 0.1) is 0 Å². The number of hydrogen-bond acceptors (Lipinski definition) is 6. The van der Waals surface area contributed by atoms with Crippen LogP contribution in [-0.4, -0.2) is 51.4 Å². The number of oxazole rings is 1. The number of rotatable bonds is 5. The highest BCUT2D eigenvalue weighted by atomic mass is 32.1. The molecule has 1 aromatic carbocycles. The summed E-state index contributed by atoms with van der Waals surface area (Å²) in [6, 6.07) is 6.61. The molecular formula is C20H24N4O3S. The zero-order chi connectivity index (χ0) is 19.7. The third-order valence-electron chi connectivity index (χ3n) is 5.23. The van der Waals surface area contributed by atoms with Crippen LogP contribution < -0.4 is 5.76 Å². The van der Waals surface area contributed by atoms with Gasteiger partial charge in [0.1, 0.15) is 6.04 Å². The van der Waals surface area contributed by atoms with E-state index in [1.165, 1.54) is 4.57 Å². The van der Waals surface area contributed by atoms with Crippen molar-refractivity contribution in [2.24, 2.45) is 0 Å². The van der Waals surface area contributed by atoms with Crippen LogP contribution in [0.2, 0.25) is 0 Å². The summed E-state index contributed by atoms with van der Waals surface area (Å²) >= 11 is 1.70. The van der Waals surface area contributed by atoms with Crippen LogP contribution in [0.15, 0.2) is 38.9 Å². The lowest BCUT2D eigenvalue weighted by atomic mass is 10.2. The maximum absolute atomic E-state index is 13.0. The number of aromatic nitrogens is 2. The van der Waals surface area contributed by atoms with E-state index < -0.39 is 11.8 Å². The van der Waals surface area contributed by atoms with Crippen molar-refractivity contribution in [2.45, 2.75) is 32.9 Å². The van der Waals surface area contributed by atoms with Crippen molar-refractivity contribution in [3.8, 4) is 0 Å². The molecule has 0 spiro atoms. The summed E-state index contributed by atoms with van der Waals surface area (Å²) in [6.07, 6.45) is 0.965. The lowest BCUT2D eigenvalue weighted by Crippen LogP contribution is -2.50. The minimum Gasteiger partial charge on any atom is -0.408 e. The van der Waals surface area contributed by atoms with E-state index in [-0.39, 0.29) is 5.91 Å². The molecule has 0 saturated carbocycles. The number of carbonyl (C=O) groups excluding carboxylic acids is 1. The molecule has 4 rings (SSSR count). The lowest BCUT2D eigenvalue weighted by Gasteiger charge is -2.35. The number of carbonyl (C=O) groups is 1. The molecule has 0 radical (unpaired) electrons. The molecular weight excluding hydrogens is 376 g/mol. The molecule has 3 aromatic rings. The van der Waals surface area contributed by atoms with Gasteiger partial charge < -0.3 is 9.32 Å². The minimum absolute atomic E-state index is 0.0461. The second-order valence-electron chi connectivity index (χ2n) is 7.07. The van der Waals surface area contributed by atoms with Gasteiger partial charge in [-0.3, -0.25) is 14.3 Å². The van der Waals surface area contributed by atoms with E-state index in [9.17, 15) is 9.59 Å². The second kappa shape index (κ2) is 7.89. The third-order valence-corrected chi connectivity index (χ3v) is 6.28. The lowest BCUT2D eigenvalue weighted by molar-refractivity contribution is -0.136. The standard InChI is InChI=1S/C20H24N4O3S/c1-3-18-21-15(13-28-18)12-22-8-10-23(11-9-22)19(25)14(2)24-16-6-4-5-7-17(16)27-20(24)26/h4-7,13-14H,3,8-12H2,1-2H3. The van der Waals surface area contributed by atoms with Gasteiger partial charge in [-0.15, -0.1) is 11.3 Å². The third kappa shape index (κ3) is 3.62. The van der Waals surface area contributed by atoms with Crippen LogP contribution in [0.1, 0.15) is 30.6 Å². The van der Waals surface area contributed by atoms with Crippen molar-refractivity contribution < 1.29 is 9.21 Å². The number of para-hydroxylation sites is 2. The summed E-state index contributed by atoms with van der Waals surface area (Å²) in [6.45, 7) is 7.61. The number of fused-ring (bicyclic) bond motifs is 1. The first-order valence-electron chi connectivity index (χ1n) is 9.61. The Balaban J connectivity index is 1.40. The number of aryl methyl sites for hydroxylation is 1. The zero-order valence-electron chi connectivity index (χ0n) is 16.1. The Morgan fingerprint density at radius 1 is 1.25 bits per heavy atom. The topological polar surface area (TPSA) is 71.6 Å². The summed E-state index contributed by atoms with van der Waals surface area (Å²) < 4.78 is 6.72. The van der Waals surface area contributed by atoms with Crippen LogP contribution in [-0.2, 0) is 17.8 Å². The Kier molecular flexibility index (Phi) is 5.32. The van der Waals surface area contributed by atoms with Crippen molar-refractivity contribution in [1.82, 2.24) is 19.4 Å². The molecule has 1 atom stereocenters. The number of benzene rings is 1. The minimum atomic E-state index is -0.589. The van der Waals surface area contributed by atoms with Crippen LogP contribution in [0.3, 0.4) is 0 Å². The number of hydrogen-bond donors (Lipinski definition) is 0. The first-order chi connectivity index (χ1) is 13.6. The highest BCUT2D eigenvalue weighted by molar-refractivity contribution is 7.09. The molecule has 7 nitrogen and oxygen atoms in total. The van der Waals surface area contributed by atoms with Crippen molar-refractivity contribution in [1.29, 1.82) is 0 Å². The molecule has 0 bridgehead atoms. The van der Waals surface area contributed by atoms with E-state index in [1.807, 2.05) is 17.0 Å². The van der Waals surface area contributed by atoms with E-state index in [0.29, 0.717) is 24.2 Å². The van der Waals surface area contributed by atoms with Crippen LogP contribution in [0.25, 0.3) is 11.1 Å². The fourth-order valence-corrected chi connectivity index (χ4v) is 4.40. The van der Waals surface area contributed by atoms with Gasteiger partial charge in [-0.25, -0.2) is 9.78 Å². The van der Waals surface area contributed by atoms with Gasteiger partial charge in [-0.1, -0.05) is 19.1 Å². The maximum atomic E-state index is 13.0. The quantitative estimate of drug-likeness (QED) is 0.658. The molecule has 1 aliphatic rings. The van der Waals surface area contributed by atoms with Crippen molar-refractivity contribution in [2.75, 3.05) is 26.2 Å². The Morgan fingerprint density at radius 3 is 2.71 bits per heavy atom. The summed E-state index contributed by atoms with van der Waals surface area (Å²) in [5.41, 5.74) is 2.26. The summed E-state index contributed by atoms with van der Waals surface area (Å²) in [4.78, 5) is 34.0. The average molecular weight is 401 g/mol. The van der Waals surface area contributed by atoms with Crippen LogP contribution in [0.4, 0.5) is 0 Å². The predicted molar refractivity (Wildman–Crippen MR) is 109 cm³/mol. The van der Waals surface area contributed by atoms with Gasteiger partial charge >= 0.3 is 5.76 Å². The smallest absolute Gasteiger partial charge is 0.408 e. The average Bonchev–Trinajstić information content (AvgIpc) is 3.30. The maximum Gasteiger partial charge on any atom is 0.420 e. The molecule has 3 heterocycles. The Hall–Kier alpha value is -2.45. The normalized spacial score (nSPS) is 16.6. The Morgan fingerprint density at radius 2 is 2.00 bits per heavy atom. The number of nitrogens with zero attached hydrogens (tertiary/aromatic N) is 4. The zero-order valence-corrected chi connectivity index (χ0v) is 16.9. The fourth-order valence-electron chi connectivity index (χ4n) is 3.66. The monoisotopic (exact) mass is 400 g/mol. The molecule has 1 amide bonds. The molecule has 0 aliphatic carbocycles. The molecule has 148 valence electrons. The van der Waals surface area contributed by atoms with E-state index >= 15 is 0 Å². The SMILES string of the molecule is CCc1nc(CN2CCN(C(=O)C(C)n3c(=O)oc4ccccc43)CC2)cs1. The van der Waals surface area contributed by atoms with Gasteiger partial charge in [0.2, 0.25) is 5.91 Å². The Bertz CT molecular complexity index is 1030. The Labute approximate surface area is 167 Å². The highest BCUT2D eigenvalue weighted by Gasteiger charge is 2.28. The summed E-state index contributed by atoms with van der Waals surface area (Å²) in [5, 5.41) is 3.28. The van der Waals surface area contributed by atoms with Crippen LogP contribution >= 0.6 is 11.3 Å². The second-order valence-corrected chi connectivity index (χ2v) is 8.01. The fraction of sp³-hybridized carbons (Fsp3) is 0.450.